The fraction of sp³-hybridized carbons (Fsp3) is 0.571. The monoisotopic (exact) mass is 416 g/mol. The highest BCUT2D eigenvalue weighted by molar-refractivity contribution is 6.30. The minimum atomic E-state index is -0.494. The van der Waals surface area contributed by atoms with E-state index >= 15 is 0 Å². The second-order valence-corrected chi connectivity index (χ2v) is 8.99. The molecule has 2 aliphatic heterocycles. The van der Waals surface area contributed by atoms with E-state index in [2.05, 4.69) is 16.1 Å². The number of likely N-dealkylation sites (tertiary alicyclic amines) is 1. The molecule has 154 valence electrons. The summed E-state index contributed by atoms with van der Waals surface area (Å²) in [5.74, 6) is 0.570. The SMILES string of the molecule is O=c1c(=O)n2c(nn1C1CCCC1)COC1(CCN(Cc3cccc(Cl)c3)C1)C2. The lowest BCUT2D eigenvalue weighted by Gasteiger charge is -2.35. The molecule has 1 aromatic heterocycles. The molecule has 1 saturated carbocycles. The molecule has 3 aliphatic rings. The summed E-state index contributed by atoms with van der Waals surface area (Å²) in [7, 11) is 0. The lowest BCUT2D eigenvalue weighted by molar-refractivity contribution is -0.0860. The van der Waals surface area contributed by atoms with E-state index in [0.29, 0.717) is 12.4 Å². The van der Waals surface area contributed by atoms with Crippen LogP contribution in [0.4, 0.5) is 0 Å². The van der Waals surface area contributed by atoms with Gasteiger partial charge in [0.25, 0.3) is 0 Å². The van der Waals surface area contributed by atoms with Crippen LogP contribution in [0.3, 0.4) is 0 Å². The third kappa shape index (κ3) is 3.56. The van der Waals surface area contributed by atoms with Crippen molar-refractivity contribution in [1.29, 1.82) is 0 Å². The summed E-state index contributed by atoms with van der Waals surface area (Å²) in [6, 6.07) is 7.92. The topological polar surface area (TPSA) is 69.4 Å². The van der Waals surface area contributed by atoms with Crippen molar-refractivity contribution in [2.45, 2.75) is 63.4 Å². The van der Waals surface area contributed by atoms with Crippen molar-refractivity contribution < 1.29 is 4.74 Å². The first-order valence-electron chi connectivity index (χ1n) is 10.4. The van der Waals surface area contributed by atoms with Crippen molar-refractivity contribution in [3.63, 3.8) is 0 Å². The number of ether oxygens (including phenoxy) is 1. The fourth-order valence-electron chi connectivity index (χ4n) is 4.97. The van der Waals surface area contributed by atoms with Gasteiger partial charge in [-0.05, 0) is 37.0 Å². The maximum absolute atomic E-state index is 12.8. The summed E-state index contributed by atoms with van der Waals surface area (Å²) in [6.07, 6.45) is 4.82. The summed E-state index contributed by atoms with van der Waals surface area (Å²) in [6.45, 7) is 3.05. The molecule has 8 heteroatoms. The molecular formula is C21H25ClN4O3. The third-order valence-corrected chi connectivity index (χ3v) is 6.72. The molecule has 3 heterocycles. The van der Waals surface area contributed by atoms with Crippen LogP contribution >= 0.6 is 11.6 Å². The zero-order chi connectivity index (χ0) is 20.0. The molecule has 7 nitrogen and oxygen atoms in total. The van der Waals surface area contributed by atoms with Crippen molar-refractivity contribution in [3.05, 3.63) is 61.4 Å². The van der Waals surface area contributed by atoms with Gasteiger partial charge in [0, 0.05) is 24.7 Å². The standard InChI is InChI=1S/C21H25ClN4O3/c22-16-5-3-4-15(10-16)11-24-9-8-21(13-24)14-25-18(12-29-21)23-26(20(28)19(25)27)17-6-1-2-7-17/h3-5,10,17H,1-2,6-9,11-14H2. The van der Waals surface area contributed by atoms with E-state index in [1.54, 1.807) is 4.57 Å². The van der Waals surface area contributed by atoms with Gasteiger partial charge >= 0.3 is 11.1 Å². The molecule has 5 rings (SSSR count). The second kappa shape index (κ2) is 7.38. The number of hydrogen-bond acceptors (Lipinski definition) is 5. The van der Waals surface area contributed by atoms with Crippen LogP contribution < -0.4 is 11.1 Å². The van der Waals surface area contributed by atoms with Gasteiger partial charge in [0.2, 0.25) is 0 Å². The largest absolute Gasteiger partial charge is 0.364 e. The van der Waals surface area contributed by atoms with Gasteiger partial charge < -0.3 is 4.74 Å². The summed E-state index contributed by atoms with van der Waals surface area (Å²) < 4.78 is 9.23. The maximum Gasteiger partial charge on any atom is 0.332 e. The van der Waals surface area contributed by atoms with E-state index in [1.165, 1.54) is 4.68 Å². The van der Waals surface area contributed by atoms with Crippen LogP contribution in [0, 0.1) is 0 Å². The second-order valence-electron chi connectivity index (χ2n) is 8.56. The summed E-state index contributed by atoms with van der Waals surface area (Å²) >= 11 is 6.10. The van der Waals surface area contributed by atoms with Crippen LogP contribution in [0.1, 0.15) is 49.5 Å². The molecule has 2 aromatic rings. The van der Waals surface area contributed by atoms with E-state index in [4.69, 9.17) is 16.3 Å². The average Bonchev–Trinajstić information content (AvgIpc) is 3.36. The number of hydrogen-bond donors (Lipinski definition) is 0. The lowest BCUT2D eigenvalue weighted by atomic mass is 10.0. The molecule has 1 atom stereocenters. The van der Waals surface area contributed by atoms with E-state index in [-0.39, 0.29) is 12.6 Å². The van der Waals surface area contributed by atoms with Gasteiger partial charge in [0.15, 0.2) is 5.82 Å². The Morgan fingerprint density at radius 2 is 2.00 bits per heavy atom. The van der Waals surface area contributed by atoms with E-state index in [0.717, 1.165) is 62.3 Å². The third-order valence-electron chi connectivity index (χ3n) is 6.49. The van der Waals surface area contributed by atoms with Crippen LogP contribution in [0.5, 0.6) is 0 Å². The predicted octanol–water partition coefficient (Wildman–Crippen LogP) is 2.35. The van der Waals surface area contributed by atoms with Gasteiger partial charge in [-0.15, -0.1) is 0 Å². The number of rotatable bonds is 3. The van der Waals surface area contributed by atoms with Gasteiger partial charge in [0.1, 0.15) is 12.2 Å². The molecule has 1 saturated heterocycles. The summed E-state index contributed by atoms with van der Waals surface area (Å²) in [5, 5.41) is 5.25. The van der Waals surface area contributed by atoms with Crippen LogP contribution in [0.15, 0.2) is 33.9 Å². The molecule has 0 bridgehead atoms. The molecular weight excluding hydrogens is 392 g/mol. The first-order chi connectivity index (χ1) is 14.0. The Bertz CT molecular complexity index is 1040. The number of aromatic nitrogens is 3. The first kappa shape index (κ1) is 19.0. The smallest absolute Gasteiger partial charge is 0.332 e. The average molecular weight is 417 g/mol. The molecule has 1 aliphatic carbocycles. The molecule has 29 heavy (non-hydrogen) atoms. The lowest BCUT2D eigenvalue weighted by Crippen LogP contribution is -2.53. The number of benzene rings is 1. The minimum absolute atomic E-state index is 0.0525. The number of fused-ring (bicyclic) bond motifs is 1. The van der Waals surface area contributed by atoms with Crippen LogP contribution in [0.25, 0.3) is 0 Å². The Morgan fingerprint density at radius 3 is 2.79 bits per heavy atom. The van der Waals surface area contributed by atoms with Crippen LogP contribution in [-0.4, -0.2) is 37.9 Å². The Morgan fingerprint density at radius 1 is 1.17 bits per heavy atom. The Balaban J connectivity index is 1.36. The van der Waals surface area contributed by atoms with Crippen LogP contribution in [0.2, 0.25) is 5.02 Å². The van der Waals surface area contributed by atoms with Gasteiger partial charge in [0.05, 0.1) is 12.6 Å². The Hall–Kier alpha value is -1.96. The molecule has 2 fully saturated rings. The Labute approximate surface area is 173 Å². The van der Waals surface area contributed by atoms with Crippen molar-refractivity contribution in [3.8, 4) is 0 Å². The highest BCUT2D eigenvalue weighted by Gasteiger charge is 2.43. The summed E-state index contributed by atoms with van der Waals surface area (Å²) in [5.41, 5.74) is -0.239. The van der Waals surface area contributed by atoms with Crippen molar-refractivity contribution in [2.24, 2.45) is 0 Å². The predicted molar refractivity (Wildman–Crippen MR) is 109 cm³/mol. The summed E-state index contributed by atoms with van der Waals surface area (Å²) in [4.78, 5) is 27.8. The van der Waals surface area contributed by atoms with Crippen molar-refractivity contribution in [1.82, 2.24) is 19.2 Å². The molecule has 1 unspecified atom stereocenters. The Kier molecular flexibility index (Phi) is 4.84. The van der Waals surface area contributed by atoms with Gasteiger partial charge in [-0.1, -0.05) is 36.6 Å². The van der Waals surface area contributed by atoms with E-state index < -0.39 is 16.7 Å². The fourth-order valence-corrected chi connectivity index (χ4v) is 5.19. The highest BCUT2D eigenvalue weighted by atomic mass is 35.5. The normalized spacial score (nSPS) is 25.0. The van der Waals surface area contributed by atoms with Gasteiger partial charge in [-0.3, -0.25) is 19.1 Å². The van der Waals surface area contributed by atoms with Gasteiger partial charge in [-0.25, -0.2) is 4.68 Å². The highest BCUT2D eigenvalue weighted by Crippen LogP contribution is 2.32. The van der Waals surface area contributed by atoms with E-state index in [9.17, 15) is 9.59 Å². The molecule has 0 N–H and O–H groups in total. The zero-order valence-electron chi connectivity index (χ0n) is 16.3. The first-order valence-corrected chi connectivity index (χ1v) is 10.7. The molecule has 1 aromatic carbocycles. The molecule has 0 radical (unpaired) electrons. The van der Waals surface area contributed by atoms with Crippen molar-refractivity contribution in [2.75, 3.05) is 13.1 Å². The van der Waals surface area contributed by atoms with Crippen LogP contribution in [-0.2, 0) is 24.4 Å². The molecule has 0 amide bonds. The molecule has 1 spiro atoms. The quantitative estimate of drug-likeness (QED) is 0.718. The maximum atomic E-state index is 12.8. The zero-order valence-corrected chi connectivity index (χ0v) is 17.1. The number of halogens is 1. The number of nitrogens with zero attached hydrogens (tertiary/aromatic N) is 4. The van der Waals surface area contributed by atoms with Crippen molar-refractivity contribution >= 4 is 11.6 Å². The minimum Gasteiger partial charge on any atom is -0.364 e. The van der Waals surface area contributed by atoms with Gasteiger partial charge in [-0.2, -0.15) is 5.10 Å². The van der Waals surface area contributed by atoms with E-state index in [1.807, 2.05) is 18.2 Å².